The fourth-order valence-electron chi connectivity index (χ4n) is 3.56. The maximum absolute atomic E-state index is 14.9. The van der Waals surface area contributed by atoms with Crippen molar-refractivity contribution in [2.24, 2.45) is 0 Å². The highest BCUT2D eigenvalue weighted by molar-refractivity contribution is 14.1. The van der Waals surface area contributed by atoms with Crippen LogP contribution in [0.4, 0.5) is 15.9 Å². The molecule has 2 aromatic carbocycles. The van der Waals surface area contributed by atoms with Crippen molar-refractivity contribution in [3.8, 4) is 0 Å². The molecule has 1 fully saturated rings. The van der Waals surface area contributed by atoms with E-state index < -0.39 is 17.6 Å². The molecule has 0 saturated carbocycles. The molecule has 180 valence electrons. The highest BCUT2D eigenvalue weighted by atomic mass is 127. The number of nitrogens with zero attached hydrogens (tertiary/aromatic N) is 2. The molecule has 1 aromatic heterocycles. The first-order valence-electron chi connectivity index (χ1n) is 10.9. The molecule has 0 aliphatic carbocycles. The lowest BCUT2D eigenvalue weighted by Gasteiger charge is -2.28. The summed E-state index contributed by atoms with van der Waals surface area (Å²) >= 11 is 4.06. The van der Waals surface area contributed by atoms with E-state index >= 15 is 0 Å². The predicted octanol–water partition coefficient (Wildman–Crippen LogP) is 5.03. The first-order valence-corrected chi connectivity index (χ1v) is 13.6. The Hall–Kier alpha value is -2.99. The molecule has 3 N–H and O–H groups in total. The molecule has 3 aromatic rings. The zero-order valence-electron chi connectivity index (χ0n) is 18.7. The second kappa shape index (κ2) is 11.6. The minimum atomic E-state index is -0.724. The Bertz CT molecular complexity index is 1250. The van der Waals surface area contributed by atoms with E-state index in [1.807, 2.05) is 22.7 Å². The number of rotatable bonds is 6. The lowest BCUT2D eigenvalue weighted by atomic mass is 10.1. The average Bonchev–Trinajstić information content (AvgIpc) is 2.89. The number of nitrogens with one attached hydrogen (secondary N) is 3. The molecule has 7 nitrogen and oxygen atoms in total. The minimum absolute atomic E-state index is 0.165. The first-order chi connectivity index (χ1) is 17.0. The Kier molecular flexibility index (Phi) is 8.34. The number of amidine groups is 1. The maximum atomic E-state index is 14.9. The first kappa shape index (κ1) is 25.1. The van der Waals surface area contributed by atoms with Gasteiger partial charge in [-0.05, 0) is 35.9 Å². The normalized spacial score (nSPS) is 13.3. The van der Waals surface area contributed by atoms with Gasteiger partial charge in [-0.1, -0.05) is 46.9 Å². The number of hydrogen-bond acceptors (Lipinski definition) is 5. The van der Waals surface area contributed by atoms with Crippen LogP contribution in [0.2, 0.25) is 0 Å². The number of pyridine rings is 1. The molecule has 0 bridgehead atoms. The summed E-state index contributed by atoms with van der Waals surface area (Å²) in [7, 11) is 0. The molecule has 1 aliphatic rings. The van der Waals surface area contributed by atoms with E-state index in [9.17, 15) is 14.0 Å². The molecule has 0 spiro atoms. The Labute approximate surface area is 220 Å². The van der Waals surface area contributed by atoms with Crippen LogP contribution in [0.3, 0.4) is 0 Å². The van der Waals surface area contributed by atoms with E-state index in [2.05, 4.69) is 38.2 Å². The minimum Gasteiger partial charge on any atom is -0.355 e. The maximum Gasteiger partial charge on any atom is 0.258 e. The number of carbonyl (C=O) groups excluding carboxylic acids is 2. The number of hydrogen-bond donors (Lipinski definition) is 3. The Morgan fingerprint density at radius 1 is 1.03 bits per heavy atom. The van der Waals surface area contributed by atoms with E-state index in [4.69, 9.17) is 5.41 Å². The predicted molar refractivity (Wildman–Crippen MR) is 146 cm³/mol. The van der Waals surface area contributed by atoms with Crippen LogP contribution in [-0.4, -0.2) is 52.1 Å². The zero-order valence-corrected chi connectivity index (χ0v) is 21.7. The van der Waals surface area contributed by atoms with Crippen LogP contribution in [0.1, 0.15) is 31.8 Å². The summed E-state index contributed by atoms with van der Waals surface area (Å²) in [6, 6.07) is 14.2. The number of carbonyl (C=O) groups is 2. The monoisotopic (exact) mass is 603 g/mol. The molecule has 1 aliphatic heterocycles. The van der Waals surface area contributed by atoms with E-state index in [1.165, 1.54) is 12.1 Å². The highest BCUT2D eigenvalue weighted by Crippen LogP contribution is 2.21. The fraction of sp³-hybridized carbons (Fsp3) is 0.200. The molecule has 2 heterocycles. The molecule has 1 saturated heterocycles. The van der Waals surface area contributed by atoms with Crippen LogP contribution in [0.25, 0.3) is 0 Å². The number of aromatic nitrogens is 1. The largest absolute Gasteiger partial charge is 0.355 e. The molecular formula is C25H23FIN5O2S. The van der Waals surface area contributed by atoms with Crippen molar-refractivity contribution >= 4 is 63.5 Å². The Morgan fingerprint density at radius 3 is 2.46 bits per heavy atom. The quantitative estimate of drug-likeness (QED) is 0.159. The Balaban J connectivity index is 1.48. The van der Waals surface area contributed by atoms with Crippen LogP contribution < -0.4 is 10.6 Å². The smallest absolute Gasteiger partial charge is 0.258 e. The SMILES string of the molecule is N=C(c1ccc(C(=O)Nc2ccccc2C(=O)Nc2ccc(CI)cn2)c(F)c1)N1CCSCC1. The summed E-state index contributed by atoms with van der Waals surface area (Å²) in [5, 5.41) is 13.7. The van der Waals surface area contributed by atoms with Gasteiger partial charge in [-0.25, -0.2) is 9.37 Å². The van der Waals surface area contributed by atoms with E-state index in [0.717, 1.165) is 34.6 Å². The number of amides is 2. The van der Waals surface area contributed by atoms with Crippen LogP contribution in [0, 0.1) is 11.2 Å². The summed E-state index contributed by atoms with van der Waals surface area (Å²) in [6.07, 6.45) is 1.69. The van der Waals surface area contributed by atoms with Gasteiger partial charge in [-0.15, -0.1) is 0 Å². The Morgan fingerprint density at radius 2 is 1.77 bits per heavy atom. The summed E-state index contributed by atoms with van der Waals surface area (Å²) in [5.41, 5.74) is 1.77. The van der Waals surface area contributed by atoms with E-state index in [0.29, 0.717) is 11.4 Å². The number of alkyl halides is 1. The van der Waals surface area contributed by atoms with Gasteiger partial charge in [0, 0.05) is 40.8 Å². The lowest BCUT2D eigenvalue weighted by Crippen LogP contribution is -2.38. The van der Waals surface area contributed by atoms with Crippen LogP contribution in [0.5, 0.6) is 0 Å². The third-order valence-electron chi connectivity index (χ3n) is 5.45. The molecule has 0 unspecified atom stereocenters. The lowest BCUT2D eigenvalue weighted by molar-refractivity contribution is 0.102. The summed E-state index contributed by atoms with van der Waals surface area (Å²) < 4.78 is 15.7. The van der Waals surface area contributed by atoms with Gasteiger partial charge in [0.1, 0.15) is 17.5 Å². The number of thioether (sulfide) groups is 1. The van der Waals surface area contributed by atoms with Gasteiger partial charge in [-0.3, -0.25) is 15.0 Å². The van der Waals surface area contributed by atoms with Gasteiger partial charge < -0.3 is 15.5 Å². The molecule has 0 atom stereocenters. The second-order valence-electron chi connectivity index (χ2n) is 7.78. The molecule has 4 rings (SSSR count). The average molecular weight is 603 g/mol. The van der Waals surface area contributed by atoms with Gasteiger partial charge in [0.2, 0.25) is 0 Å². The van der Waals surface area contributed by atoms with E-state index in [-0.39, 0.29) is 22.6 Å². The van der Waals surface area contributed by atoms with Crippen molar-refractivity contribution in [3.05, 3.63) is 88.9 Å². The molecular weight excluding hydrogens is 580 g/mol. The van der Waals surface area contributed by atoms with Crippen molar-refractivity contribution in [1.82, 2.24) is 9.88 Å². The highest BCUT2D eigenvalue weighted by Gasteiger charge is 2.20. The van der Waals surface area contributed by atoms with Crippen LogP contribution in [0.15, 0.2) is 60.8 Å². The van der Waals surface area contributed by atoms with Crippen LogP contribution in [-0.2, 0) is 4.43 Å². The van der Waals surface area contributed by atoms with Crippen molar-refractivity contribution in [1.29, 1.82) is 5.41 Å². The van der Waals surface area contributed by atoms with Gasteiger partial charge >= 0.3 is 0 Å². The van der Waals surface area contributed by atoms with Gasteiger partial charge in [-0.2, -0.15) is 11.8 Å². The molecule has 10 heteroatoms. The standard InChI is InChI=1S/C25H23FIN5O2S/c26-20-13-17(23(28)32-9-11-35-12-10-32)6-7-18(20)24(33)30-21-4-2-1-3-19(21)25(34)31-22-8-5-16(14-27)15-29-22/h1-8,13,15,28H,9-12,14H2,(H,30,33)(H,29,31,34). The summed E-state index contributed by atoms with van der Waals surface area (Å²) in [5.74, 6) is 0.646. The summed E-state index contributed by atoms with van der Waals surface area (Å²) in [4.78, 5) is 31.8. The second-order valence-corrected chi connectivity index (χ2v) is 9.77. The summed E-state index contributed by atoms with van der Waals surface area (Å²) in [6.45, 7) is 1.48. The van der Waals surface area contributed by atoms with Crippen molar-refractivity contribution in [2.75, 3.05) is 35.2 Å². The molecule has 0 radical (unpaired) electrons. The van der Waals surface area contributed by atoms with Crippen molar-refractivity contribution in [3.63, 3.8) is 0 Å². The fourth-order valence-corrected chi connectivity index (χ4v) is 4.91. The van der Waals surface area contributed by atoms with Gasteiger partial charge in [0.25, 0.3) is 11.8 Å². The van der Waals surface area contributed by atoms with Crippen molar-refractivity contribution < 1.29 is 14.0 Å². The number of halogens is 2. The van der Waals surface area contributed by atoms with Gasteiger partial charge in [0.15, 0.2) is 0 Å². The topological polar surface area (TPSA) is 98.2 Å². The third-order valence-corrected chi connectivity index (χ3v) is 7.28. The molecule has 35 heavy (non-hydrogen) atoms. The van der Waals surface area contributed by atoms with Crippen molar-refractivity contribution in [2.45, 2.75) is 4.43 Å². The molecule has 2 amide bonds. The number of benzene rings is 2. The number of anilines is 2. The van der Waals surface area contributed by atoms with Crippen LogP contribution >= 0.6 is 34.4 Å². The third kappa shape index (κ3) is 6.17. The number of para-hydroxylation sites is 1. The van der Waals surface area contributed by atoms with E-state index in [1.54, 1.807) is 42.6 Å². The zero-order chi connectivity index (χ0) is 24.8. The van der Waals surface area contributed by atoms with Gasteiger partial charge in [0.05, 0.1) is 16.8 Å².